The number of tetrazole rings is 1. The van der Waals surface area contributed by atoms with Gasteiger partial charge in [0.1, 0.15) is 5.82 Å². The summed E-state index contributed by atoms with van der Waals surface area (Å²) in [4.78, 5) is 17.6. The van der Waals surface area contributed by atoms with Crippen LogP contribution in [0.15, 0.2) is 44.6 Å². The Labute approximate surface area is 162 Å². The van der Waals surface area contributed by atoms with E-state index in [4.69, 9.17) is 0 Å². The minimum atomic E-state index is -0.193. The lowest BCUT2D eigenvalue weighted by Crippen LogP contribution is -2.21. The number of rotatable bonds is 5. The van der Waals surface area contributed by atoms with Gasteiger partial charge >= 0.3 is 0 Å². The highest BCUT2D eigenvalue weighted by Crippen LogP contribution is 2.28. The van der Waals surface area contributed by atoms with Crippen LogP contribution in [-0.4, -0.2) is 38.9 Å². The number of nitrogens with zero attached hydrogens (tertiary/aromatic N) is 8. The van der Waals surface area contributed by atoms with Gasteiger partial charge in [0.2, 0.25) is 5.16 Å². The molecule has 4 aromatic rings. The van der Waals surface area contributed by atoms with E-state index in [0.717, 1.165) is 28.0 Å². The van der Waals surface area contributed by atoms with E-state index >= 15 is 0 Å². The molecule has 0 spiro atoms. The van der Waals surface area contributed by atoms with Crippen LogP contribution >= 0.6 is 23.3 Å². The Morgan fingerprint density at radius 3 is 2.70 bits per heavy atom. The van der Waals surface area contributed by atoms with Crippen LogP contribution in [-0.2, 0) is 13.5 Å². The van der Waals surface area contributed by atoms with E-state index in [0.29, 0.717) is 10.8 Å². The molecule has 0 atom stereocenters. The summed E-state index contributed by atoms with van der Waals surface area (Å²) in [6.45, 7) is 3.87. The molecule has 1 aromatic carbocycles. The summed E-state index contributed by atoms with van der Waals surface area (Å²) >= 11 is 2.59. The number of para-hydroxylation sites is 1. The molecule has 3 aromatic heterocycles. The van der Waals surface area contributed by atoms with Gasteiger partial charge in [0, 0.05) is 13.5 Å². The van der Waals surface area contributed by atoms with Crippen molar-refractivity contribution in [3.63, 3.8) is 0 Å². The molecule has 3 heterocycles. The molecular formula is C16H16N8OS2. The third-order valence-electron chi connectivity index (χ3n) is 4.12. The summed E-state index contributed by atoms with van der Waals surface area (Å²) in [6, 6.07) is 9.46. The zero-order valence-electron chi connectivity index (χ0n) is 14.9. The second-order valence-corrected chi connectivity index (χ2v) is 7.68. The van der Waals surface area contributed by atoms with Gasteiger partial charge in [-0.05, 0) is 52.8 Å². The second-order valence-electron chi connectivity index (χ2n) is 5.72. The highest BCUT2D eigenvalue weighted by molar-refractivity contribution is 8.00. The molecule has 9 nitrogen and oxygen atoms in total. The van der Waals surface area contributed by atoms with Crippen molar-refractivity contribution in [2.24, 2.45) is 7.05 Å². The summed E-state index contributed by atoms with van der Waals surface area (Å²) in [6.07, 6.45) is 0.765. The van der Waals surface area contributed by atoms with Crippen LogP contribution in [0.25, 0.3) is 11.4 Å². The SMILES string of the molecule is CCc1nsc(Sc2nnnn2-c2c(C)n(C)n(-c3ccccc3)c2=O)n1. The van der Waals surface area contributed by atoms with Crippen molar-refractivity contribution in [3.8, 4) is 11.4 Å². The molecule has 0 unspecified atom stereocenters. The van der Waals surface area contributed by atoms with Gasteiger partial charge in [-0.15, -0.1) is 5.10 Å². The maximum atomic E-state index is 13.2. The van der Waals surface area contributed by atoms with E-state index < -0.39 is 0 Å². The quantitative estimate of drug-likeness (QED) is 0.506. The Morgan fingerprint density at radius 2 is 2.00 bits per heavy atom. The lowest BCUT2D eigenvalue weighted by Gasteiger charge is -2.07. The van der Waals surface area contributed by atoms with E-state index in [9.17, 15) is 4.79 Å². The highest BCUT2D eigenvalue weighted by atomic mass is 32.2. The van der Waals surface area contributed by atoms with E-state index in [2.05, 4.69) is 24.9 Å². The van der Waals surface area contributed by atoms with Crippen LogP contribution in [0.1, 0.15) is 18.4 Å². The van der Waals surface area contributed by atoms with Crippen molar-refractivity contribution in [2.75, 3.05) is 0 Å². The smallest absolute Gasteiger partial charge is 0.283 e. The van der Waals surface area contributed by atoms with Crippen molar-refractivity contribution in [2.45, 2.75) is 29.8 Å². The van der Waals surface area contributed by atoms with Crippen LogP contribution in [0.3, 0.4) is 0 Å². The molecule has 11 heteroatoms. The van der Waals surface area contributed by atoms with E-state index in [1.807, 2.05) is 51.2 Å². The maximum Gasteiger partial charge on any atom is 0.297 e. The first-order chi connectivity index (χ1) is 13.1. The summed E-state index contributed by atoms with van der Waals surface area (Å²) in [5, 5.41) is 12.3. The molecule has 27 heavy (non-hydrogen) atoms. The standard InChI is InChI=1S/C16H16N8OS2/c1-4-12-17-16(27-19-12)26-15-18-20-21-23(15)13-10(2)22(3)24(14(13)25)11-8-6-5-7-9-11/h5-9H,4H2,1-3H3. The Kier molecular flexibility index (Phi) is 4.62. The molecule has 0 aliphatic rings. The van der Waals surface area contributed by atoms with Crippen LogP contribution < -0.4 is 5.56 Å². The van der Waals surface area contributed by atoms with Crippen LogP contribution in [0, 0.1) is 6.92 Å². The molecule has 0 N–H and O–H groups in total. The zero-order chi connectivity index (χ0) is 19.0. The van der Waals surface area contributed by atoms with Gasteiger partial charge in [0.15, 0.2) is 10.0 Å². The molecule has 0 radical (unpaired) electrons. The molecule has 0 saturated heterocycles. The number of aryl methyl sites for hydroxylation is 1. The molecule has 0 aliphatic carbocycles. The third-order valence-corrected chi connectivity index (χ3v) is 5.85. The number of hydrogen-bond donors (Lipinski definition) is 0. The van der Waals surface area contributed by atoms with E-state index in [1.165, 1.54) is 28.0 Å². The van der Waals surface area contributed by atoms with E-state index in [1.54, 1.807) is 9.36 Å². The third kappa shape index (κ3) is 3.08. The number of aromatic nitrogens is 8. The second kappa shape index (κ2) is 7.08. The van der Waals surface area contributed by atoms with Crippen molar-refractivity contribution >= 4 is 23.3 Å². The van der Waals surface area contributed by atoms with Crippen LogP contribution in [0.5, 0.6) is 0 Å². The lowest BCUT2D eigenvalue weighted by molar-refractivity contribution is 0.630. The fourth-order valence-electron chi connectivity index (χ4n) is 2.68. The monoisotopic (exact) mass is 400 g/mol. The van der Waals surface area contributed by atoms with E-state index in [-0.39, 0.29) is 5.56 Å². The first-order valence-electron chi connectivity index (χ1n) is 8.23. The van der Waals surface area contributed by atoms with Gasteiger partial charge in [-0.3, -0.25) is 9.48 Å². The zero-order valence-corrected chi connectivity index (χ0v) is 16.5. The first kappa shape index (κ1) is 17.6. The van der Waals surface area contributed by atoms with Crippen molar-refractivity contribution in [3.05, 3.63) is 52.2 Å². The molecule has 0 aliphatic heterocycles. The first-order valence-corrected chi connectivity index (χ1v) is 9.82. The minimum absolute atomic E-state index is 0.193. The lowest BCUT2D eigenvalue weighted by atomic mass is 10.3. The van der Waals surface area contributed by atoms with Crippen molar-refractivity contribution in [1.82, 2.24) is 38.9 Å². The maximum absolute atomic E-state index is 13.2. The van der Waals surface area contributed by atoms with Gasteiger partial charge in [-0.1, -0.05) is 25.1 Å². The number of hydrogen-bond acceptors (Lipinski definition) is 8. The summed E-state index contributed by atoms with van der Waals surface area (Å²) in [5.74, 6) is 0.781. The molecule has 0 amide bonds. The van der Waals surface area contributed by atoms with Crippen molar-refractivity contribution < 1.29 is 0 Å². The minimum Gasteiger partial charge on any atom is -0.283 e. The van der Waals surface area contributed by atoms with Gasteiger partial charge in [0.05, 0.1) is 11.4 Å². The van der Waals surface area contributed by atoms with Gasteiger partial charge in [-0.2, -0.15) is 9.06 Å². The summed E-state index contributed by atoms with van der Waals surface area (Å²) in [5.41, 5.74) is 1.75. The molecule has 138 valence electrons. The summed E-state index contributed by atoms with van der Waals surface area (Å²) < 4.78 is 9.87. The normalized spacial score (nSPS) is 11.2. The Hall–Kier alpha value is -2.79. The number of benzene rings is 1. The fraction of sp³-hybridized carbons (Fsp3) is 0.250. The Balaban J connectivity index is 1.79. The Bertz CT molecular complexity index is 1140. The van der Waals surface area contributed by atoms with Gasteiger partial charge < -0.3 is 0 Å². The topological polar surface area (TPSA) is 96.3 Å². The average Bonchev–Trinajstić information content (AvgIpc) is 3.37. The van der Waals surface area contributed by atoms with Crippen LogP contribution in [0.4, 0.5) is 0 Å². The van der Waals surface area contributed by atoms with Crippen LogP contribution in [0.2, 0.25) is 0 Å². The van der Waals surface area contributed by atoms with Crippen molar-refractivity contribution in [1.29, 1.82) is 0 Å². The largest absolute Gasteiger partial charge is 0.297 e. The average molecular weight is 400 g/mol. The molecular weight excluding hydrogens is 384 g/mol. The van der Waals surface area contributed by atoms with Gasteiger partial charge in [0.25, 0.3) is 5.56 Å². The Morgan fingerprint density at radius 1 is 1.22 bits per heavy atom. The van der Waals surface area contributed by atoms with Gasteiger partial charge in [-0.25, -0.2) is 9.67 Å². The molecule has 0 saturated carbocycles. The summed E-state index contributed by atoms with van der Waals surface area (Å²) in [7, 11) is 1.84. The predicted octanol–water partition coefficient (Wildman–Crippen LogP) is 2.03. The molecule has 0 bridgehead atoms. The predicted molar refractivity (Wildman–Crippen MR) is 102 cm³/mol. The molecule has 4 rings (SSSR count). The fourth-order valence-corrected chi connectivity index (χ4v) is 4.26. The molecule has 0 fully saturated rings. The highest BCUT2D eigenvalue weighted by Gasteiger charge is 2.22.